The van der Waals surface area contributed by atoms with E-state index >= 15 is 0 Å². The van der Waals surface area contributed by atoms with Gasteiger partial charge in [0, 0.05) is 78.4 Å². The van der Waals surface area contributed by atoms with Crippen molar-refractivity contribution in [1.29, 1.82) is 0 Å². The van der Waals surface area contributed by atoms with E-state index in [-0.39, 0.29) is 18.0 Å². The standard InChI is InChI=1S/C29H34N6O2/c1-4-5-20-14-19(2)33-29(37)25(20)18-32-28(36)24-15-22(16-26-23(24)8-9-30-26)21-6-7-27(31-17-21)35-12-10-34(3)11-13-35/h6-9,14-17,30H,4-5,10-13,18H2,1-3H3,(H,32,36)(H,33,37). The summed E-state index contributed by atoms with van der Waals surface area (Å²) in [6.07, 6.45) is 5.44. The number of H-pyrrole nitrogens is 2. The van der Waals surface area contributed by atoms with Gasteiger partial charge in [-0.1, -0.05) is 13.3 Å². The van der Waals surface area contributed by atoms with Crippen molar-refractivity contribution in [1.82, 2.24) is 25.2 Å². The van der Waals surface area contributed by atoms with E-state index in [1.54, 1.807) is 0 Å². The number of amides is 1. The van der Waals surface area contributed by atoms with Crippen molar-refractivity contribution in [2.75, 3.05) is 38.1 Å². The third kappa shape index (κ3) is 5.29. The Balaban J connectivity index is 1.40. The zero-order valence-electron chi connectivity index (χ0n) is 21.7. The number of carbonyl (C=O) groups excluding carboxylic acids is 1. The quantitative estimate of drug-likeness (QED) is 0.360. The Morgan fingerprint density at radius 1 is 1.08 bits per heavy atom. The van der Waals surface area contributed by atoms with E-state index in [1.807, 2.05) is 43.6 Å². The summed E-state index contributed by atoms with van der Waals surface area (Å²) in [5.74, 6) is 0.762. The summed E-state index contributed by atoms with van der Waals surface area (Å²) in [6.45, 7) is 8.13. The van der Waals surface area contributed by atoms with Gasteiger partial charge in [-0.3, -0.25) is 9.59 Å². The average molecular weight is 499 g/mol. The lowest BCUT2D eigenvalue weighted by Gasteiger charge is -2.33. The van der Waals surface area contributed by atoms with E-state index in [1.165, 1.54) is 0 Å². The van der Waals surface area contributed by atoms with Crippen LogP contribution in [0.5, 0.6) is 0 Å². The molecule has 8 nitrogen and oxygen atoms in total. The molecule has 1 amide bonds. The number of fused-ring (bicyclic) bond motifs is 1. The number of hydrogen-bond donors (Lipinski definition) is 3. The maximum Gasteiger partial charge on any atom is 0.253 e. The number of pyridine rings is 2. The van der Waals surface area contributed by atoms with Gasteiger partial charge in [0.15, 0.2) is 0 Å². The van der Waals surface area contributed by atoms with E-state index in [2.05, 4.69) is 51.2 Å². The number of likely N-dealkylation sites (N-methyl/N-ethyl adjacent to an activating group) is 1. The molecular formula is C29H34N6O2. The number of aromatic nitrogens is 3. The molecule has 0 radical (unpaired) electrons. The topological polar surface area (TPSA) is 97.1 Å². The molecule has 0 spiro atoms. The molecule has 0 unspecified atom stereocenters. The summed E-state index contributed by atoms with van der Waals surface area (Å²) in [6, 6.07) is 12.0. The lowest BCUT2D eigenvalue weighted by atomic mass is 10.0. The van der Waals surface area contributed by atoms with E-state index < -0.39 is 0 Å². The van der Waals surface area contributed by atoms with Crippen LogP contribution in [-0.4, -0.2) is 59.0 Å². The molecule has 0 atom stereocenters. The predicted octanol–water partition coefficient (Wildman–Crippen LogP) is 3.86. The molecule has 1 aromatic carbocycles. The fourth-order valence-corrected chi connectivity index (χ4v) is 5.04. The summed E-state index contributed by atoms with van der Waals surface area (Å²) in [5, 5.41) is 3.83. The van der Waals surface area contributed by atoms with Crippen molar-refractivity contribution in [2.24, 2.45) is 0 Å². The highest BCUT2D eigenvalue weighted by Gasteiger charge is 2.18. The number of piperazine rings is 1. The smallest absolute Gasteiger partial charge is 0.253 e. The number of aromatic amines is 2. The number of anilines is 1. The van der Waals surface area contributed by atoms with Gasteiger partial charge < -0.3 is 25.1 Å². The second kappa shape index (κ2) is 10.6. The molecule has 1 aliphatic rings. The molecule has 192 valence electrons. The van der Waals surface area contributed by atoms with E-state index in [0.29, 0.717) is 11.1 Å². The first-order chi connectivity index (χ1) is 17.9. The summed E-state index contributed by atoms with van der Waals surface area (Å²) < 4.78 is 0. The first-order valence-electron chi connectivity index (χ1n) is 12.9. The molecule has 1 saturated heterocycles. The zero-order valence-corrected chi connectivity index (χ0v) is 21.7. The molecule has 1 aliphatic heterocycles. The van der Waals surface area contributed by atoms with Crippen molar-refractivity contribution < 1.29 is 4.79 Å². The van der Waals surface area contributed by atoms with Crippen molar-refractivity contribution >= 4 is 22.6 Å². The fourth-order valence-electron chi connectivity index (χ4n) is 5.04. The van der Waals surface area contributed by atoms with E-state index in [9.17, 15) is 9.59 Å². The second-order valence-electron chi connectivity index (χ2n) is 9.88. The summed E-state index contributed by atoms with van der Waals surface area (Å²) in [5.41, 5.74) is 5.60. The number of rotatable bonds is 7. The minimum Gasteiger partial charge on any atom is -0.361 e. The van der Waals surface area contributed by atoms with Crippen LogP contribution < -0.4 is 15.8 Å². The van der Waals surface area contributed by atoms with Gasteiger partial charge in [-0.05, 0) is 67.9 Å². The van der Waals surface area contributed by atoms with E-state index in [0.717, 1.165) is 78.1 Å². The van der Waals surface area contributed by atoms with Crippen LogP contribution in [0.4, 0.5) is 5.82 Å². The van der Waals surface area contributed by atoms with Crippen LogP contribution in [0.1, 0.15) is 40.5 Å². The Morgan fingerprint density at radius 2 is 1.89 bits per heavy atom. The minimum absolute atomic E-state index is 0.143. The van der Waals surface area contributed by atoms with Gasteiger partial charge >= 0.3 is 0 Å². The van der Waals surface area contributed by atoms with Crippen molar-refractivity contribution in [3.8, 4) is 11.1 Å². The molecule has 1 fully saturated rings. The summed E-state index contributed by atoms with van der Waals surface area (Å²) >= 11 is 0. The Kier molecular flexibility index (Phi) is 7.10. The molecule has 37 heavy (non-hydrogen) atoms. The van der Waals surface area contributed by atoms with E-state index in [4.69, 9.17) is 4.98 Å². The van der Waals surface area contributed by atoms with Crippen LogP contribution in [0.3, 0.4) is 0 Å². The monoisotopic (exact) mass is 498 g/mol. The lowest BCUT2D eigenvalue weighted by Crippen LogP contribution is -2.44. The Morgan fingerprint density at radius 3 is 2.62 bits per heavy atom. The van der Waals surface area contributed by atoms with Crippen LogP contribution in [0.25, 0.3) is 22.0 Å². The largest absolute Gasteiger partial charge is 0.361 e. The maximum absolute atomic E-state index is 13.4. The molecule has 4 heterocycles. The number of hydrogen-bond acceptors (Lipinski definition) is 5. The highest BCUT2D eigenvalue weighted by Crippen LogP contribution is 2.28. The molecule has 3 aromatic heterocycles. The molecule has 0 bridgehead atoms. The molecular weight excluding hydrogens is 464 g/mol. The second-order valence-corrected chi connectivity index (χ2v) is 9.88. The lowest BCUT2D eigenvalue weighted by molar-refractivity contribution is 0.0952. The third-order valence-electron chi connectivity index (χ3n) is 7.13. The number of nitrogens with zero attached hydrogens (tertiary/aromatic N) is 3. The van der Waals surface area contributed by atoms with Crippen molar-refractivity contribution in [3.63, 3.8) is 0 Å². The van der Waals surface area contributed by atoms with Gasteiger partial charge in [0.05, 0.1) is 0 Å². The van der Waals surface area contributed by atoms with Gasteiger partial charge in [-0.15, -0.1) is 0 Å². The molecule has 3 N–H and O–H groups in total. The molecule has 5 rings (SSSR count). The third-order valence-corrected chi connectivity index (χ3v) is 7.13. The van der Waals surface area contributed by atoms with Crippen molar-refractivity contribution in [3.05, 3.63) is 81.5 Å². The molecule has 0 aliphatic carbocycles. The number of benzene rings is 1. The van der Waals surface area contributed by atoms with Gasteiger partial charge in [0.2, 0.25) is 0 Å². The van der Waals surface area contributed by atoms with Crippen molar-refractivity contribution in [2.45, 2.75) is 33.2 Å². The zero-order chi connectivity index (χ0) is 25.9. The minimum atomic E-state index is -0.212. The summed E-state index contributed by atoms with van der Waals surface area (Å²) in [7, 11) is 2.14. The Bertz CT molecular complexity index is 1460. The normalized spacial score (nSPS) is 14.3. The molecule has 4 aromatic rings. The van der Waals surface area contributed by atoms with Gasteiger partial charge in [-0.25, -0.2) is 4.98 Å². The first-order valence-corrected chi connectivity index (χ1v) is 12.9. The van der Waals surface area contributed by atoms with Crippen LogP contribution in [0.2, 0.25) is 0 Å². The Labute approximate surface area is 216 Å². The predicted molar refractivity (Wildman–Crippen MR) is 148 cm³/mol. The van der Waals surface area contributed by atoms with Gasteiger partial charge in [0.25, 0.3) is 11.5 Å². The van der Waals surface area contributed by atoms with Crippen LogP contribution in [0.15, 0.2) is 53.6 Å². The fraction of sp³-hybridized carbons (Fsp3) is 0.345. The average Bonchev–Trinajstić information content (AvgIpc) is 3.37. The molecule has 8 heteroatoms. The highest BCUT2D eigenvalue weighted by atomic mass is 16.1. The number of aryl methyl sites for hydroxylation is 2. The van der Waals surface area contributed by atoms with Crippen LogP contribution in [0, 0.1) is 6.92 Å². The van der Waals surface area contributed by atoms with Gasteiger partial charge in [-0.2, -0.15) is 0 Å². The SMILES string of the molecule is CCCc1cc(C)[nH]c(=O)c1CNC(=O)c1cc(-c2ccc(N3CCN(C)CC3)nc2)cc2[nH]ccc12. The van der Waals surface area contributed by atoms with Crippen LogP contribution >= 0.6 is 0 Å². The molecule has 0 saturated carbocycles. The van der Waals surface area contributed by atoms with Gasteiger partial charge in [0.1, 0.15) is 5.82 Å². The Hall–Kier alpha value is -3.91. The maximum atomic E-state index is 13.4. The number of carbonyl (C=O) groups is 1. The summed E-state index contributed by atoms with van der Waals surface area (Å²) in [4.78, 5) is 41.5. The van der Waals surface area contributed by atoms with Crippen LogP contribution in [-0.2, 0) is 13.0 Å². The first kappa shape index (κ1) is 24.8. The highest BCUT2D eigenvalue weighted by molar-refractivity contribution is 6.08. The number of nitrogens with one attached hydrogen (secondary N) is 3.